The number of carbonyl (C=O) groups excluding carboxylic acids is 1. The Morgan fingerprint density at radius 2 is 1.97 bits per heavy atom. The van der Waals surface area contributed by atoms with Crippen LogP contribution in [0.1, 0.15) is 39.0 Å². The molecule has 3 aromatic rings. The van der Waals surface area contributed by atoms with Gasteiger partial charge in [-0.15, -0.1) is 11.3 Å². The minimum atomic E-state index is -0.636. The zero-order chi connectivity index (χ0) is 23.1. The van der Waals surface area contributed by atoms with Gasteiger partial charge in [-0.1, -0.05) is 25.5 Å². The van der Waals surface area contributed by atoms with Crippen LogP contribution in [-0.2, 0) is 13.0 Å². The van der Waals surface area contributed by atoms with Crippen LogP contribution in [0.25, 0.3) is 6.08 Å². The van der Waals surface area contributed by atoms with E-state index in [2.05, 4.69) is 6.92 Å². The van der Waals surface area contributed by atoms with Crippen LogP contribution in [0.15, 0.2) is 54.6 Å². The number of ether oxygens (including phenoxy) is 2. The first kappa shape index (κ1) is 23.1. The maximum absolute atomic E-state index is 13.5. The van der Waals surface area contributed by atoms with Gasteiger partial charge < -0.3 is 9.47 Å². The Bertz CT molecular complexity index is 1160. The summed E-state index contributed by atoms with van der Waals surface area (Å²) >= 11 is 1.49. The molecule has 0 unspecified atom stereocenters. The molecule has 166 valence electrons. The van der Waals surface area contributed by atoms with Crippen LogP contribution in [0, 0.1) is 15.9 Å². The molecule has 0 saturated heterocycles. The van der Waals surface area contributed by atoms with E-state index in [9.17, 15) is 19.3 Å². The number of aryl methyl sites for hydroxylation is 1. The Kier molecular flexibility index (Phi) is 7.72. The predicted octanol–water partition coefficient (Wildman–Crippen LogP) is 6.23. The third-order valence-corrected chi connectivity index (χ3v) is 5.79. The Hall–Kier alpha value is -3.52. The van der Waals surface area contributed by atoms with E-state index >= 15 is 0 Å². The van der Waals surface area contributed by atoms with Crippen LogP contribution in [0.5, 0.6) is 11.5 Å². The number of ketones is 1. The molecule has 0 aliphatic heterocycles. The monoisotopic (exact) mass is 455 g/mol. The minimum absolute atomic E-state index is 0.0750. The summed E-state index contributed by atoms with van der Waals surface area (Å²) in [5.41, 5.74) is 1.00. The average molecular weight is 456 g/mol. The van der Waals surface area contributed by atoms with Crippen molar-refractivity contribution in [1.29, 1.82) is 0 Å². The maximum atomic E-state index is 13.5. The number of allylic oxidation sites excluding steroid dienone is 1. The number of methoxy groups -OCH3 is 1. The number of hydrogen-bond acceptors (Lipinski definition) is 6. The second kappa shape index (κ2) is 10.7. The fourth-order valence-electron chi connectivity index (χ4n) is 3.07. The fraction of sp³-hybridized carbons (Fsp3) is 0.208. The summed E-state index contributed by atoms with van der Waals surface area (Å²) in [7, 11) is 1.49. The topological polar surface area (TPSA) is 78.7 Å². The van der Waals surface area contributed by atoms with Gasteiger partial charge in [0.15, 0.2) is 11.5 Å². The maximum Gasteiger partial charge on any atom is 0.311 e. The molecule has 6 nitrogen and oxygen atoms in total. The first-order valence-corrected chi connectivity index (χ1v) is 10.8. The summed E-state index contributed by atoms with van der Waals surface area (Å²) in [6.07, 6.45) is 5.17. The van der Waals surface area contributed by atoms with E-state index in [1.54, 1.807) is 24.3 Å². The molecule has 1 aromatic heterocycles. The Morgan fingerprint density at radius 3 is 2.69 bits per heavy atom. The third kappa shape index (κ3) is 5.79. The van der Waals surface area contributed by atoms with Crippen molar-refractivity contribution in [3.05, 3.63) is 91.4 Å². The van der Waals surface area contributed by atoms with E-state index in [4.69, 9.17) is 9.47 Å². The van der Waals surface area contributed by atoms with E-state index in [0.717, 1.165) is 36.6 Å². The largest absolute Gasteiger partial charge is 0.496 e. The predicted molar refractivity (Wildman–Crippen MR) is 122 cm³/mol. The molecule has 0 radical (unpaired) electrons. The lowest BCUT2D eigenvalue weighted by Crippen LogP contribution is -2.02. The molecular weight excluding hydrogens is 433 g/mol. The summed E-state index contributed by atoms with van der Waals surface area (Å²) in [6.45, 7) is 2.02. The Morgan fingerprint density at radius 1 is 1.16 bits per heavy atom. The van der Waals surface area contributed by atoms with Crippen molar-refractivity contribution < 1.29 is 23.6 Å². The van der Waals surface area contributed by atoms with Gasteiger partial charge in [0.1, 0.15) is 18.2 Å². The van der Waals surface area contributed by atoms with Gasteiger partial charge in [-0.2, -0.15) is 0 Å². The van der Waals surface area contributed by atoms with E-state index in [-0.39, 0.29) is 23.8 Å². The molecule has 0 atom stereocenters. The Balaban J connectivity index is 1.77. The first-order valence-electron chi connectivity index (χ1n) is 9.96. The summed E-state index contributed by atoms with van der Waals surface area (Å²) in [4.78, 5) is 24.9. The van der Waals surface area contributed by atoms with Crippen molar-refractivity contribution in [3.8, 4) is 11.5 Å². The summed E-state index contributed by atoms with van der Waals surface area (Å²) in [5.74, 6) is -0.381. The second-order valence-corrected chi connectivity index (χ2v) is 8.11. The lowest BCUT2D eigenvalue weighted by molar-refractivity contribution is -0.386. The fourth-order valence-corrected chi connectivity index (χ4v) is 4.10. The molecule has 3 rings (SSSR count). The number of benzene rings is 2. The van der Waals surface area contributed by atoms with Crippen molar-refractivity contribution >= 4 is 28.9 Å². The highest BCUT2D eigenvalue weighted by molar-refractivity contribution is 7.14. The van der Waals surface area contributed by atoms with E-state index in [1.165, 1.54) is 29.4 Å². The quantitative estimate of drug-likeness (QED) is 0.157. The molecule has 0 spiro atoms. The lowest BCUT2D eigenvalue weighted by Gasteiger charge is -2.11. The van der Waals surface area contributed by atoms with Gasteiger partial charge in [0.2, 0.25) is 0 Å². The highest BCUT2D eigenvalue weighted by atomic mass is 32.1. The molecule has 0 fully saturated rings. The van der Waals surface area contributed by atoms with Crippen LogP contribution in [0.2, 0.25) is 0 Å². The summed E-state index contributed by atoms with van der Waals surface area (Å²) in [6, 6.07) is 12.1. The van der Waals surface area contributed by atoms with E-state index in [0.29, 0.717) is 16.2 Å². The van der Waals surface area contributed by atoms with E-state index < -0.39 is 10.7 Å². The molecule has 8 heteroatoms. The van der Waals surface area contributed by atoms with Crippen molar-refractivity contribution in [1.82, 2.24) is 0 Å². The van der Waals surface area contributed by atoms with Crippen LogP contribution < -0.4 is 9.47 Å². The van der Waals surface area contributed by atoms with Crippen molar-refractivity contribution in [2.75, 3.05) is 7.11 Å². The zero-order valence-electron chi connectivity index (χ0n) is 17.7. The lowest BCUT2D eigenvalue weighted by atomic mass is 10.1. The van der Waals surface area contributed by atoms with Crippen LogP contribution in [0.3, 0.4) is 0 Å². The highest BCUT2D eigenvalue weighted by Crippen LogP contribution is 2.30. The molecule has 1 heterocycles. The van der Waals surface area contributed by atoms with Gasteiger partial charge in [-0.25, -0.2) is 4.39 Å². The van der Waals surface area contributed by atoms with Gasteiger partial charge in [-0.3, -0.25) is 14.9 Å². The number of halogens is 1. The number of nitro groups is 1. The molecule has 0 bridgehead atoms. The molecule has 32 heavy (non-hydrogen) atoms. The second-order valence-electron chi connectivity index (χ2n) is 6.94. The van der Waals surface area contributed by atoms with Gasteiger partial charge in [-0.05, 0) is 48.4 Å². The van der Waals surface area contributed by atoms with Crippen molar-refractivity contribution in [3.63, 3.8) is 0 Å². The van der Waals surface area contributed by atoms with E-state index in [1.807, 2.05) is 12.1 Å². The molecule has 0 aliphatic carbocycles. The van der Waals surface area contributed by atoms with Gasteiger partial charge in [0.25, 0.3) is 0 Å². The number of nitrogens with zero attached hydrogens (tertiary/aromatic N) is 1. The molecule has 2 aromatic carbocycles. The summed E-state index contributed by atoms with van der Waals surface area (Å²) < 4.78 is 24.4. The molecule has 0 aliphatic rings. The Labute approximate surface area is 189 Å². The van der Waals surface area contributed by atoms with Gasteiger partial charge in [0.05, 0.1) is 16.9 Å². The number of carbonyl (C=O) groups is 1. The van der Waals surface area contributed by atoms with Gasteiger partial charge >= 0.3 is 5.69 Å². The number of nitro benzene ring substituents is 1. The van der Waals surface area contributed by atoms with Crippen LogP contribution in [0.4, 0.5) is 10.1 Å². The SMILES string of the molecule is CCCc1ccc(C(=O)/C=C/c2ccc(OC)c(COc3cc(F)ccc3[N+](=O)[O-])c2)s1. The zero-order valence-corrected chi connectivity index (χ0v) is 18.5. The minimum Gasteiger partial charge on any atom is -0.496 e. The normalized spacial score (nSPS) is 11.0. The van der Waals surface area contributed by atoms with Crippen molar-refractivity contribution in [2.45, 2.75) is 26.4 Å². The highest BCUT2D eigenvalue weighted by Gasteiger charge is 2.17. The third-order valence-electron chi connectivity index (χ3n) is 4.63. The standard InChI is InChI=1S/C24H22FNO5S/c1-3-4-19-8-12-24(32-19)21(27)10-5-16-6-11-22(30-2)17(13-16)15-31-23-14-18(25)7-9-20(23)26(28)29/h5-14H,3-4,15H2,1-2H3/b10-5+. The molecule has 0 N–H and O–H groups in total. The van der Waals surface area contributed by atoms with Gasteiger partial charge in [0, 0.05) is 22.6 Å². The number of rotatable bonds is 10. The molecule has 0 amide bonds. The number of thiophene rings is 1. The van der Waals surface area contributed by atoms with Crippen molar-refractivity contribution in [2.24, 2.45) is 0 Å². The molecular formula is C24H22FNO5S. The average Bonchev–Trinajstić information content (AvgIpc) is 3.25. The molecule has 0 saturated carbocycles. The van der Waals surface area contributed by atoms with Crippen LogP contribution >= 0.6 is 11.3 Å². The summed E-state index contributed by atoms with van der Waals surface area (Å²) in [5, 5.41) is 11.2. The number of hydrogen-bond donors (Lipinski definition) is 0. The smallest absolute Gasteiger partial charge is 0.311 e. The first-order chi connectivity index (χ1) is 15.4. The van der Waals surface area contributed by atoms with Crippen LogP contribution in [-0.4, -0.2) is 17.8 Å².